The van der Waals surface area contributed by atoms with E-state index >= 15 is 0 Å². The van der Waals surface area contributed by atoms with Gasteiger partial charge < -0.3 is 4.90 Å². The summed E-state index contributed by atoms with van der Waals surface area (Å²) in [6.07, 6.45) is 4.53. The number of halogens is 1. The zero-order chi connectivity index (χ0) is 18.0. The van der Waals surface area contributed by atoms with Gasteiger partial charge in [0.2, 0.25) is 10.0 Å². The summed E-state index contributed by atoms with van der Waals surface area (Å²) < 4.78 is 27.3. The van der Waals surface area contributed by atoms with Gasteiger partial charge in [0.15, 0.2) is 0 Å². The number of piperidine rings is 2. The molecule has 2 heterocycles. The van der Waals surface area contributed by atoms with Gasteiger partial charge in [-0.05, 0) is 68.7 Å². The van der Waals surface area contributed by atoms with Gasteiger partial charge in [0.05, 0.1) is 4.90 Å². The molecule has 1 aromatic rings. The number of hydrogen-bond donors (Lipinski definition) is 0. The summed E-state index contributed by atoms with van der Waals surface area (Å²) in [7, 11) is -3.43. The predicted octanol–water partition coefficient (Wildman–Crippen LogP) is 3.78. The Labute approximate surface area is 157 Å². The molecule has 4 nitrogen and oxygen atoms in total. The molecule has 2 aliphatic rings. The molecule has 3 rings (SSSR count). The lowest BCUT2D eigenvalue weighted by atomic mass is 9.94. The average Bonchev–Trinajstić information content (AvgIpc) is 2.58. The fourth-order valence-electron chi connectivity index (χ4n) is 4.03. The van der Waals surface area contributed by atoms with Gasteiger partial charge in [-0.3, -0.25) is 0 Å². The van der Waals surface area contributed by atoms with Gasteiger partial charge >= 0.3 is 0 Å². The van der Waals surface area contributed by atoms with Crippen LogP contribution in [0.5, 0.6) is 0 Å². The molecule has 0 N–H and O–H groups in total. The third-order valence-corrected chi connectivity index (χ3v) is 7.91. The van der Waals surface area contributed by atoms with Gasteiger partial charge in [0, 0.05) is 31.2 Å². The van der Waals surface area contributed by atoms with Crippen LogP contribution in [0.15, 0.2) is 23.1 Å². The molecule has 2 aliphatic heterocycles. The maximum atomic E-state index is 12.8. The van der Waals surface area contributed by atoms with E-state index in [9.17, 15) is 8.42 Å². The van der Waals surface area contributed by atoms with Crippen LogP contribution < -0.4 is 0 Å². The van der Waals surface area contributed by atoms with Gasteiger partial charge in [-0.25, -0.2) is 8.42 Å². The minimum absolute atomic E-state index is 0.311. The van der Waals surface area contributed by atoms with Crippen LogP contribution >= 0.6 is 11.6 Å². The van der Waals surface area contributed by atoms with Crippen molar-refractivity contribution >= 4 is 21.6 Å². The summed E-state index contributed by atoms with van der Waals surface area (Å²) in [4.78, 5) is 2.88. The standard InChI is InChI=1S/C19H29ClN2O2S/c1-15-4-3-9-21(13-15)14-17-7-10-22(11-8-17)25(23,24)18-6-5-16(2)19(20)12-18/h5-6,12,15,17H,3-4,7-11,13-14H2,1-2H3. The van der Waals surface area contributed by atoms with Gasteiger partial charge in [0.25, 0.3) is 0 Å². The van der Waals surface area contributed by atoms with Crippen LogP contribution in [0.3, 0.4) is 0 Å². The summed E-state index contributed by atoms with van der Waals surface area (Å²) >= 11 is 6.11. The number of nitrogens with zero attached hydrogens (tertiary/aromatic N) is 2. The van der Waals surface area contributed by atoms with Crippen LogP contribution in [-0.4, -0.2) is 50.3 Å². The van der Waals surface area contributed by atoms with E-state index in [1.54, 1.807) is 22.5 Å². The number of likely N-dealkylation sites (tertiary alicyclic amines) is 1. The zero-order valence-electron chi connectivity index (χ0n) is 15.2. The molecule has 0 spiro atoms. The molecule has 2 saturated heterocycles. The summed E-state index contributed by atoms with van der Waals surface area (Å²) in [5, 5.41) is 0.509. The maximum absolute atomic E-state index is 12.8. The molecule has 1 unspecified atom stereocenters. The van der Waals surface area contributed by atoms with Crippen molar-refractivity contribution < 1.29 is 8.42 Å². The third-order valence-electron chi connectivity index (χ3n) is 5.61. The molecule has 0 aromatic heterocycles. The fraction of sp³-hybridized carbons (Fsp3) is 0.684. The van der Waals surface area contributed by atoms with Crippen molar-refractivity contribution in [1.29, 1.82) is 0 Å². The smallest absolute Gasteiger partial charge is 0.243 e. The minimum atomic E-state index is -3.43. The normalized spacial score (nSPS) is 24.5. The summed E-state index contributed by atoms with van der Waals surface area (Å²) in [5.74, 6) is 1.40. The maximum Gasteiger partial charge on any atom is 0.243 e. The van der Waals surface area contributed by atoms with Gasteiger partial charge in [-0.2, -0.15) is 4.31 Å². The SMILES string of the molecule is Cc1ccc(S(=O)(=O)N2CCC(CN3CCCC(C)C3)CC2)cc1Cl. The summed E-state index contributed by atoms with van der Waals surface area (Å²) in [6, 6.07) is 5.02. The molecule has 2 fully saturated rings. The summed E-state index contributed by atoms with van der Waals surface area (Å²) in [5.41, 5.74) is 0.898. The Balaban J connectivity index is 1.58. The van der Waals surface area contributed by atoms with E-state index in [1.165, 1.54) is 25.9 Å². The molecule has 0 radical (unpaired) electrons. The fourth-order valence-corrected chi connectivity index (χ4v) is 5.77. The molecule has 0 amide bonds. The lowest BCUT2D eigenvalue weighted by molar-refractivity contribution is 0.136. The molecule has 1 atom stereocenters. The number of sulfonamides is 1. The first kappa shape index (κ1) is 19.2. The van der Waals surface area contributed by atoms with E-state index in [0.717, 1.165) is 30.9 Å². The van der Waals surface area contributed by atoms with Gasteiger partial charge in [-0.1, -0.05) is 24.6 Å². The monoisotopic (exact) mass is 384 g/mol. The largest absolute Gasteiger partial charge is 0.303 e. The molecule has 6 heteroatoms. The Morgan fingerprint density at radius 1 is 1.16 bits per heavy atom. The van der Waals surface area contributed by atoms with Gasteiger partial charge in [-0.15, -0.1) is 0 Å². The van der Waals surface area contributed by atoms with Crippen LogP contribution in [0.4, 0.5) is 0 Å². The van der Waals surface area contributed by atoms with Crippen molar-refractivity contribution in [3.05, 3.63) is 28.8 Å². The van der Waals surface area contributed by atoms with Crippen molar-refractivity contribution in [2.75, 3.05) is 32.7 Å². The van der Waals surface area contributed by atoms with E-state index in [-0.39, 0.29) is 0 Å². The number of rotatable bonds is 4. The molecule has 1 aromatic carbocycles. The first-order valence-corrected chi connectivity index (χ1v) is 11.2. The van der Waals surface area contributed by atoms with Crippen molar-refractivity contribution in [3.63, 3.8) is 0 Å². The van der Waals surface area contributed by atoms with Gasteiger partial charge in [0.1, 0.15) is 0 Å². The molecule has 0 aliphatic carbocycles. The Bertz CT molecular complexity index is 699. The second kappa shape index (κ2) is 7.95. The molecular weight excluding hydrogens is 356 g/mol. The second-order valence-corrected chi connectivity index (χ2v) is 10.1. The zero-order valence-corrected chi connectivity index (χ0v) is 16.8. The highest BCUT2D eigenvalue weighted by atomic mass is 35.5. The first-order chi connectivity index (χ1) is 11.9. The average molecular weight is 385 g/mol. The van der Waals surface area contributed by atoms with Crippen molar-refractivity contribution in [3.8, 4) is 0 Å². The Kier molecular flexibility index (Phi) is 6.09. The van der Waals surface area contributed by atoms with Crippen molar-refractivity contribution in [1.82, 2.24) is 9.21 Å². The van der Waals surface area contributed by atoms with Crippen LogP contribution in [0.1, 0.15) is 38.2 Å². The number of aryl methyl sites for hydroxylation is 1. The number of benzene rings is 1. The van der Waals surface area contributed by atoms with Crippen LogP contribution in [0.25, 0.3) is 0 Å². The Morgan fingerprint density at radius 3 is 2.52 bits per heavy atom. The van der Waals surface area contributed by atoms with Crippen molar-refractivity contribution in [2.24, 2.45) is 11.8 Å². The van der Waals surface area contributed by atoms with Crippen LogP contribution in [0.2, 0.25) is 5.02 Å². The highest BCUT2D eigenvalue weighted by Gasteiger charge is 2.30. The molecule has 140 valence electrons. The topological polar surface area (TPSA) is 40.6 Å². The van der Waals surface area contributed by atoms with Crippen LogP contribution in [0, 0.1) is 18.8 Å². The van der Waals surface area contributed by atoms with E-state index in [2.05, 4.69) is 11.8 Å². The second-order valence-electron chi connectivity index (χ2n) is 7.77. The Hall–Kier alpha value is -0.620. The van der Waals surface area contributed by atoms with Crippen LogP contribution in [-0.2, 0) is 10.0 Å². The van der Waals surface area contributed by atoms with Crippen molar-refractivity contribution in [2.45, 2.75) is 44.4 Å². The highest BCUT2D eigenvalue weighted by molar-refractivity contribution is 7.89. The lowest BCUT2D eigenvalue weighted by Crippen LogP contribution is -2.43. The highest BCUT2D eigenvalue weighted by Crippen LogP contribution is 2.28. The predicted molar refractivity (Wildman–Crippen MR) is 103 cm³/mol. The minimum Gasteiger partial charge on any atom is -0.303 e. The van der Waals surface area contributed by atoms with E-state index in [4.69, 9.17) is 11.6 Å². The molecule has 0 saturated carbocycles. The molecular formula is C19H29ClN2O2S. The van der Waals surface area contributed by atoms with E-state index < -0.39 is 10.0 Å². The summed E-state index contributed by atoms with van der Waals surface area (Å²) in [6.45, 7) is 8.95. The first-order valence-electron chi connectivity index (χ1n) is 9.35. The Morgan fingerprint density at radius 2 is 1.88 bits per heavy atom. The number of hydrogen-bond acceptors (Lipinski definition) is 3. The lowest BCUT2D eigenvalue weighted by Gasteiger charge is -2.37. The molecule has 0 bridgehead atoms. The molecule has 25 heavy (non-hydrogen) atoms. The third kappa shape index (κ3) is 4.57. The quantitative estimate of drug-likeness (QED) is 0.793. The van der Waals surface area contributed by atoms with E-state index in [1.807, 2.05) is 6.92 Å². The van der Waals surface area contributed by atoms with E-state index in [0.29, 0.717) is 28.9 Å².